The molecule has 0 spiro atoms. The van der Waals surface area contributed by atoms with Crippen LogP contribution >= 0.6 is 31.9 Å². The highest BCUT2D eigenvalue weighted by atomic mass is 79.9. The topological polar surface area (TPSA) is 0 Å². The van der Waals surface area contributed by atoms with Gasteiger partial charge in [0.1, 0.15) is 0 Å². The van der Waals surface area contributed by atoms with E-state index < -0.39 is 0 Å². The van der Waals surface area contributed by atoms with Crippen molar-refractivity contribution in [3.63, 3.8) is 0 Å². The predicted molar refractivity (Wildman–Crippen MR) is 83.2 cm³/mol. The molecule has 84 valence electrons. The highest BCUT2D eigenvalue weighted by Gasteiger charge is 2.02. The monoisotopic (exact) mass is 356 g/mol. The zero-order valence-electron chi connectivity index (χ0n) is 9.00. The minimum Gasteiger partial charge on any atom is -0.0765 e. The van der Waals surface area contributed by atoms with Crippen LogP contribution < -0.4 is 5.19 Å². The third kappa shape index (κ3) is 3.19. The number of hydrogen-bond acceptors (Lipinski definition) is 0. The van der Waals surface area contributed by atoms with Crippen LogP contribution in [0.25, 0.3) is 10.8 Å². The number of alkyl halides is 2. The Morgan fingerprint density at radius 1 is 1.00 bits per heavy atom. The molecule has 0 aliphatic carbocycles. The fourth-order valence-electron chi connectivity index (χ4n) is 1.96. The summed E-state index contributed by atoms with van der Waals surface area (Å²) >= 11 is 7.07. The van der Waals surface area contributed by atoms with Crippen LogP contribution in [0.3, 0.4) is 0 Å². The van der Waals surface area contributed by atoms with Gasteiger partial charge in [-0.2, -0.15) is 0 Å². The van der Waals surface area contributed by atoms with Crippen molar-refractivity contribution in [2.24, 2.45) is 0 Å². The van der Waals surface area contributed by atoms with Crippen molar-refractivity contribution in [2.75, 3.05) is 0 Å². The van der Waals surface area contributed by atoms with Crippen molar-refractivity contribution < 1.29 is 0 Å². The summed E-state index contributed by atoms with van der Waals surface area (Å²) in [6, 6.07) is 16.7. The summed E-state index contributed by atoms with van der Waals surface area (Å²) in [6.07, 6.45) is 1.22. The van der Waals surface area contributed by atoms with Crippen molar-refractivity contribution in [3.8, 4) is 0 Å². The van der Waals surface area contributed by atoms with E-state index in [0.717, 1.165) is 0 Å². The van der Waals surface area contributed by atoms with Gasteiger partial charge in [-0.15, -0.1) is 0 Å². The molecule has 0 saturated carbocycles. The molecular formula is C13H14Br2Si. The van der Waals surface area contributed by atoms with Crippen molar-refractivity contribution in [3.05, 3.63) is 42.5 Å². The lowest BCUT2D eigenvalue weighted by molar-refractivity contribution is 1.07. The number of fused-ring (bicyclic) bond motifs is 1. The molecule has 0 aromatic heterocycles. The standard InChI is InChI=1S/C13H14Br2Si/c14-13(15)8-9-16-12-7-3-5-10-4-1-2-6-11(10)12/h1-7,13H,8-9,16H2. The van der Waals surface area contributed by atoms with Crippen LogP contribution in [0.15, 0.2) is 42.5 Å². The van der Waals surface area contributed by atoms with Crippen LogP contribution in [0, 0.1) is 0 Å². The molecule has 0 aliphatic rings. The molecule has 0 unspecified atom stereocenters. The maximum Gasteiger partial charge on any atom is 0.0695 e. The van der Waals surface area contributed by atoms with Crippen LogP contribution in [0.2, 0.25) is 6.04 Å². The molecular weight excluding hydrogens is 344 g/mol. The summed E-state index contributed by atoms with van der Waals surface area (Å²) in [4.78, 5) is 0. The Balaban J connectivity index is 2.17. The number of halogens is 2. The number of benzene rings is 2. The molecule has 2 aromatic carbocycles. The largest absolute Gasteiger partial charge is 0.0765 e. The van der Waals surface area contributed by atoms with Crippen LogP contribution in [0.1, 0.15) is 6.42 Å². The van der Waals surface area contributed by atoms with Crippen molar-refractivity contribution in [1.29, 1.82) is 0 Å². The molecule has 3 heteroatoms. The Kier molecular flexibility index (Phi) is 4.62. The lowest BCUT2D eigenvalue weighted by Gasteiger charge is -2.06. The smallest absolute Gasteiger partial charge is 0.0695 e. The van der Waals surface area contributed by atoms with Gasteiger partial charge in [-0.05, 0) is 17.2 Å². The average Bonchev–Trinajstić information content (AvgIpc) is 2.29. The molecule has 0 bridgehead atoms. The molecule has 0 saturated heterocycles. The number of hydrogen-bond donors (Lipinski definition) is 0. The van der Waals surface area contributed by atoms with Gasteiger partial charge in [0, 0.05) is 0 Å². The zero-order valence-corrected chi connectivity index (χ0v) is 13.6. The normalized spacial score (nSPS) is 11.9. The predicted octanol–water partition coefficient (Wildman–Crippen LogP) is 3.56. The average molecular weight is 358 g/mol. The molecule has 0 N–H and O–H groups in total. The summed E-state index contributed by atoms with van der Waals surface area (Å²) < 4.78 is 0.475. The second-order valence-electron chi connectivity index (χ2n) is 3.92. The second-order valence-corrected chi connectivity index (χ2v) is 9.33. The van der Waals surface area contributed by atoms with Gasteiger partial charge in [0.25, 0.3) is 0 Å². The Morgan fingerprint density at radius 2 is 1.75 bits per heavy atom. The van der Waals surface area contributed by atoms with E-state index in [1.807, 2.05) is 0 Å². The summed E-state index contributed by atoms with van der Waals surface area (Å²) in [5.41, 5.74) is 0. The SMILES string of the molecule is BrC(Br)CC[SiH2]c1cccc2ccccc12. The minimum absolute atomic E-state index is 0.136. The van der Waals surface area contributed by atoms with Gasteiger partial charge in [-0.25, -0.2) is 0 Å². The second kappa shape index (κ2) is 5.99. The molecule has 2 aromatic rings. The molecule has 0 radical (unpaired) electrons. The van der Waals surface area contributed by atoms with Crippen molar-refractivity contribution in [1.82, 2.24) is 0 Å². The van der Waals surface area contributed by atoms with E-state index in [1.54, 1.807) is 5.19 Å². The van der Waals surface area contributed by atoms with Crippen molar-refractivity contribution >= 4 is 57.3 Å². The fraction of sp³-hybridized carbons (Fsp3) is 0.231. The van der Waals surface area contributed by atoms with Gasteiger partial charge in [-0.1, -0.05) is 85.6 Å². The molecule has 0 aliphatic heterocycles. The van der Waals surface area contributed by atoms with E-state index in [-0.39, 0.29) is 9.52 Å². The quantitative estimate of drug-likeness (QED) is 0.579. The maximum absolute atomic E-state index is 3.54. The van der Waals surface area contributed by atoms with Gasteiger partial charge >= 0.3 is 0 Å². The molecule has 16 heavy (non-hydrogen) atoms. The molecule has 2 rings (SSSR count). The van der Waals surface area contributed by atoms with Gasteiger partial charge < -0.3 is 0 Å². The summed E-state index contributed by atoms with van der Waals surface area (Å²) in [6.45, 7) is 0. The molecule has 0 amide bonds. The summed E-state index contributed by atoms with van der Waals surface area (Å²) in [5, 5.41) is 4.43. The van der Waals surface area contributed by atoms with E-state index in [1.165, 1.54) is 23.2 Å². The lowest BCUT2D eigenvalue weighted by atomic mass is 10.1. The Bertz CT molecular complexity index is 463. The highest BCUT2D eigenvalue weighted by Crippen LogP contribution is 2.15. The molecule has 0 heterocycles. The van der Waals surface area contributed by atoms with Crippen LogP contribution in [0.4, 0.5) is 0 Å². The first-order valence-electron chi connectivity index (χ1n) is 5.52. The van der Waals surface area contributed by atoms with E-state index >= 15 is 0 Å². The van der Waals surface area contributed by atoms with E-state index in [2.05, 4.69) is 74.3 Å². The maximum atomic E-state index is 3.54. The minimum atomic E-state index is -0.136. The van der Waals surface area contributed by atoms with Gasteiger partial charge in [0.05, 0.1) is 13.3 Å². The first-order valence-corrected chi connectivity index (χ1v) is 9.06. The first kappa shape index (κ1) is 12.3. The van der Waals surface area contributed by atoms with Crippen LogP contribution in [-0.2, 0) is 0 Å². The Hall–Kier alpha value is -0.123. The Labute approximate surface area is 116 Å². The summed E-state index contributed by atoms with van der Waals surface area (Å²) in [7, 11) is -0.136. The molecule has 0 fully saturated rings. The van der Waals surface area contributed by atoms with E-state index in [9.17, 15) is 0 Å². The van der Waals surface area contributed by atoms with E-state index in [0.29, 0.717) is 3.74 Å². The van der Waals surface area contributed by atoms with Gasteiger partial charge in [0.15, 0.2) is 0 Å². The Morgan fingerprint density at radius 3 is 2.56 bits per heavy atom. The van der Waals surface area contributed by atoms with E-state index in [4.69, 9.17) is 0 Å². The van der Waals surface area contributed by atoms with Gasteiger partial charge in [0.2, 0.25) is 0 Å². The third-order valence-electron chi connectivity index (χ3n) is 2.75. The zero-order chi connectivity index (χ0) is 11.4. The number of rotatable bonds is 4. The van der Waals surface area contributed by atoms with Gasteiger partial charge in [-0.3, -0.25) is 0 Å². The molecule has 0 nitrogen and oxygen atoms in total. The highest BCUT2D eigenvalue weighted by molar-refractivity contribution is 9.24. The first-order chi connectivity index (χ1) is 7.77. The van der Waals surface area contributed by atoms with Crippen molar-refractivity contribution in [2.45, 2.75) is 16.2 Å². The summed E-state index contributed by atoms with van der Waals surface area (Å²) in [5.74, 6) is 0. The van der Waals surface area contributed by atoms with Crippen LogP contribution in [0.5, 0.6) is 0 Å². The lowest BCUT2D eigenvalue weighted by Crippen LogP contribution is -2.15. The third-order valence-corrected chi connectivity index (χ3v) is 5.58. The fourth-order valence-corrected chi connectivity index (χ4v) is 5.69. The van der Waals surface area contributed by atoms with Crippen LogP contribution in [-0.4, -0.2) is 13.3 Å². The molecule has 0 atom stereocenters.